The first-order chi connectivity index (χ1) is 11.5. The Balaban J connectivity index is 2.15. The number of carboxylic acid groups (broad SMARTS) is 1. The van der Waals surface area contributed by atoms with Crippen LogP contribution < -0.4 is 4.74 Å². The summed E-state index contributed by atoms with van der Waals surface area (Å²) in [6.45, 7) is 0.158. The number of ether oxygens (including phenoxy) is 1. The Morgan fingerprint density at radius 3 is 2.58 bits per heavy atom. The van der Waals surface area contributed by atoms with Crippen molar-refractivity contribution in [1.82, 2.24) is 0 Å². The van der Waals surface area contributed by atoms with Crippen LogP contribution in [0.5, 0.6) is 5.75 Å². The van der Waals surface area contributed by atoms with E-state index in [0.717, 1.165) is 0 Å². The third kappa shape index (κ3) is 4.21. The Morgan fingerprint density at radius 1 is 1.12 bits per heavy atom. The summed E-state index contributed by atoms with van der Waals surface area (Å²) in [7, 11) is 0. The molecule has 0 radical (unpaired) electrons. The van der Waals surface area contributed by atoms with E-state index in [4.69, 9.17) is 15.1 Å². The first-order valence-electron chi connectivity index (χ1n) is 6.90. The van der Waals surface area contributed by atoms with Gasteiger partial charge in [0.1, 0.15) is 18.1 Å². The fraction of sp³-hybridized carbons (Fsp3) is 0.0556. The molecule has 0 bridgehead atoms. The fourth-order valence-corrected chi connectivity index (χ4v) is 1.93. The summed E-state index contributed by atoms with van der Waals surface area (Å²) in [5.74, 6) is -2.93. The highest BCUT2D eigenvalue weighted by Crippen LogP contribution is 2.20. The van der Waals surface area contributed by atoms with Gasteiger partial charge in [-0.1, -0.05) is 30.3 Å². The van der Waals surface area contributed by atoms with Crippen LogP contribution in [0.3, 0.4) is 0 Å². The molecule has 0 atom stereocenters. The van der Waals surface area contributed by atoms with E-state index >= 15 is 0 Å². The number of nitrogens with zero attached hydrogens (tertiary/aromatic N) is 1. The van der Waals surface area contributed by atoms with E-state index in [1.807, 2.05) is 0 Å². The van der Waals surface area contributed by atoms with E-state index < -0.39 is 17.5 Å². The number of carbonyl (C=O) groups excluding carboxylic acids is 1. The quantitative estimate of drug-likeness (QED) is 0.481. The summed E-state index contributed by atoms with van der Waals surface area (Å²) >= 11 is 0. The summed E-state index contributed by atoms with van der Waals surface area (Å²) in [6, 6.07) is 15.3. The van der Waals surface area contributed by atoms with Gasteiger partial charge in [-0.25, -0.2) is 4.79 Å². The monoisotopic (exact) mass is 323 g/mol. The maximum atomic E-state index is 11.1. The van der Waals surface area contributed by atoms with E-state index in [0.29, 0.717) is 23.0 Å². The molecule has 6 nitrogen and oxygen atoms in total. The molecule has 2 rings (SSSR count). The predicted octanol–water partition coefficient (Wildman–Crippen LogP) is 2.69. The molecule has 2 aromatic carbocycles. The second kappa shape index (κ2) is 7.61. The molecule has 0 saturated heterocycles. The second-order valence-corrected chi connectivity index (χ2v) is 4.78. The number of ketones is 1. The molecule has 0 spiro atoms. The molecule has 0 heterocycles. The summed E-state index contributed by atoms with van der Waals surface area (Å²) in [4.78, 5) is 21.6. The van der Waals surface area contributed by atoms with E-state index in [9.17, 15) is 14.7 Å². The molecule has 0 aliphatic rings. The number of hydrogen-bond donors (Lipinski definition) is 2. The van der Waals surface area contributed by atoms with Crippen LogP contribution >= 0.6 is 0 Å². The van der Waals surface area contributed by atoms with Gasteiger partial charge in [-0.3, -0.25) is 4.79 Å². The van der Waals surface area contributed by atoms with Crippen LogP contribution in [0, 0.1) is 11.3 Å². The lowest BCUT2D eigenvalue weighted by Gasteiger charge is -2.09. The highest BCUT2D eigenvalue weighted by Gasteiger charge is 2.11. The molecule has 0 amide bonds. The molecule has 0 aliphatic carbocycles. The van der Waals surface area contributed by atoms with Gasteiger partial charge < -0.3 is 14.9 Å². The maximum absolute atomic E-state index is 11.1. The van der Waals surface area contributed by atoms with Crippen molar-refractivity contribution in [3.05, 3.63) is 71.3 Å². The lowest BCUT2D eigenvalue weighted by atomic mass is 10.1. The van der Waals surface area contributed by atoms with Gasteiger partial charge in [0.15, 0.2) is 0 Å². The first kappa shape index (κ1) is 16.8. The zero-order chi connectivity index (χ0) is 17.5. The topological polar surface area (TPSA) is 108 Å². The van der Waals surface area contributed by atoms with Crippen LogP contribution in [0.2, 0.25) is 0 Å². The molecule has 0 saturated carbocycles. The van der Waals surface area contributed by atoms with Gasteiger partial charge in [0.2, 0.25) is 0 Å². The largest absolute Gasteiger partial charge is 0.507 e. The minimum atomic E-state index is -1.65. The number of benzene rings is 2. The average molecular weight is 323 g/mol. The number of carbonyl (C=O) groups is 2. The van der Waals surface area contributed by atoms with Crippen molar-refractivity contribution >= 4 is 17.5 Å². The third-order valence-corrected chi connectivity index (χ3v) is 3.14. The summed E-state index contributed by atoms with van der Waals surface area (Å²) in [6.07, 6.45) is 0.631. The lowest BCUT2D eigenvalue weighted by molar-refractivity contribution is -0.146. The number of aliphatic hydroxyl groups excluding tert-OH is 1. The molecule has 0 aliphatic heterocycles. The highest BCUT2D eigenvalue weighted by atomic mass is 16.5. The van der Waals surface area contributed by atoms with E-state index in [1.54, 1.807) is 36.4 Å². The number of nitriles is 1. The minimum absolute atomic E-state index is 0.158. The Kier molecular flexibility index (Phi) is 5.32. The molecular weight excluding hydrogens is 310 g/mol. The Labute approximate surface area is 137 Å². The first-order valence-corrected chi connectivity index (χ1v) is 6.90. The van der Waals surface area contributed by atoms with Crippen molar-refractivity contribution < 1.29 is 24.5 Å². The summed E-state index contributed by atoms with van der Waals surface area (Å²) < 4.78 is 5.59. The molecule has 2 aromatic rings. The van der Waals surface area contributed by atoms with Crippen molar-refractivity contribution in [2.24, 2.45) is 0 Å². The van der Waals surface area contributed by atoms with Crippen LogP contribution in [-0.4, -0.2) is 22.0 Å². The summed E-state index contributed by atoms with van der Waals surface area (Å²) in [5, 5.41) is 27.4. The molecule has 0 fully saturated rings. The molecule has 24 heavy (non-hydrogen) atoms. The summed E-state index contributed by atoms with van der Waals surface area (Å²) in [5.41, 5.74) is 1.46. The SMILES string of the molecule is N#Cc1ccccc1COc1cccc(/C(O)=C/C(=O)C(=O)O)c1. The standard InChI is InChI=1S/C18H13NO5/c19-10-13-4-1-2-5-14(13)11-24-15-7-3-6-12(8-15)16(20)9-17(21)18(22)23/h1-9,20H,11H2,(H,22,23)/b16-9-. The minimum Gasteiger partial charge on any atom is -0.507 e. The van der Waals surface area contributed by atoms with E-state index in [-0.39, 0.29) is 12.2 Å². The van der Waals surface area contributed by atoms with Gasteiger partial charge in [0.05, 0.1) is 11.6 Å². The van der Waals surface area contributed by atoms with Crippen molar-refractivity contribution in [1.29, 1.82) is 5.26 Å². The van der Waals surface area contributed by atoms with E-state index in [1.165, 1.54) is 12.1 Å². The highest BCUT2D eigenvalue weighted by molar-refractivity contribution is 6.38. The van der Waals surface area contributed by atoms with Gasteiger partial charge in [-0.15, -0.1) is 0 Å². The molecule has 2 N–H and O–H groups in total. The van der Waals surface area contributed by atoms with Gasteiger partial charge in [0, 0.05) is 17.2 Å². The van der Waals surface area contributed by atoms with Crippen molar-refractivity contribution in [2.75, 3.05) is 0 Å². The zero-order valence-electron chi connectivity index (χ0n) is 12.5. The molecular formula is C18H13NO5. The molecule has 120 valence electrons. The van der Waals surface area contributed by atoms with Crippen LogP contribution in [-0.2, 0) is 16.2 Å². The van der Waals surface area contributed by atoms with Gasteiger partial charge in [0.25, 0.3) is 5.78 Å². The van der Waals surface area contributed by atoms with Crippen LogP contribution in [0.25, 0.3) is 5.76 Å². The van der Waals surface area contributed by atoms with Crippen LogP contribution in [0.15, 0.2) is 54.6 Å². The van der Waals surface area contributed by atoms with Crippen molar-refractivity contribution in [2.45, 2.75) is 6.61 Å². The third-order valence-electron chi connectivity index (χ3n) is 3.14. The van der Waals surface area contributed by atoms with Gasteiger partial charge in [-0.05, 0) is 18.2 Å². The second-order valence-electron chi connectivity index (χ2n) is 4.78. The number of rotatable bonds is 6. The van der Waals surface area contributed by atoms with Crippen molar-refractivity contribution in [3.8, 4) is 11.8 Å². The van der Waals surface area contributed by atoms with Gasteiger partial charge >= 0.3 is 5.97 Å². The normalized spacial score (nSPS) is 10.7. The Hall–Kier alpha value is -3.59. The Morgan fingerprint density at radius 2 is 1.88 bits per heavy atom. The molecule has 0 unspecified atom stereocenters. The van der Waals surface area contributed by atoms with Gasteiger partial charge in [-0.2, -0.15) is 5.26 Å². The fourth-order valence-electron chi connectivity index (χ4n) is 1.93. The number of hydrogen-bond acceptors (Lipinski definition) is 5. The number of aliphatic carboxylic acids is 1. The number of aliphatic hydroxyl groups is 1. The Bertz CT molecular complexity index is 848. The number of carboxylic acids is 1. The van der Waals surface area contributed by atoms with Crippen molar-refractivity contribution in [3.63, 3.8) is 0 Å². The van der Waals surface area contributed by atoms with Crippen LogP contribution in [0.4, 0.5) is 0 Å². The zero-order valence-corrected chi connectivity index (χ0v) is 12.5. The predicted molar refractivity (Wildman–Crippen MR) is 85.2 cm³/mol. The molecule has 6 heteroatoms. The lowest BCUT2D eigenvalue weighted by Crippen LogP contribution is -2.09. The van der Waals surface area contributed by atoms with Crippen LogP contribution in [0.1, 0.15) is 16.7 Å². The van der Waals surface area contributed by atoms with E-state index in [2.05, 4.69) is 6.07 Å². The maximum Gasteiger partial charge on any atom is 0.376 e. The smallest absolute Gasteiger partial charge is 0.376 e. The average Bonchev–Trinajstić information content (AvgIpc) is 2.60. The molecule has 0 aromatic heterocycles.